The van der Waals surface area contributed by atoms with Crippen LogP contribution in [0, 0.1) is 18.2 Å². The average Bonchev–Trinajstić information content (AvgIpc) is 2.95. The van der Waals surface area contributed by atoms with Crippen molar-refractivity contribution in [2.24, 2.45) is 0 Å². The third-order valence-corrected chi connectivity index (χ3v) is 5.21. The van der Waals surface area contributed by atoms with E-state index in [1.807, 2.05) is 0 Å². The predicted octanol–water partition coefficient (Wildman–Crippen LogP) is 0.728. The molecule has 1 aromatic rings. The Morgan fingerprint density at radius 1 is 1.43 bits per heavy atom. The Kier molecular flexibility index (Phi) is 4.60. The van der Waals surface area contributed by atoms with Gasteiger partial charge in [0.25, 0.3) is 0 Å². The van der Waals surface area contributed by atoms with Gasteiger partial charge in [-0.3, -0.25) is 4.79 Å². The summed E-state index contributed by atoms with van der Waals surface area (Å²) < 4.78 is 39.1. The number of nitrogens with one attached hydrogen (secondary N) is 1. The Morgan fingerprint density at radius 2 is 2.10 bits per heavy atom. The van der Waals surface area contributed by atoms with E-state index < -0.39 is 27.8 Å². The minimum Gasteiger partial charge on any atom is -0.344 e. The SMILES string of the molecule is C#CCNC(=O)C1CCCN1S(=O)(=O)c1ccc(F)cc1. The molecule has 1 aliphatic heterocycles. The van der Waals surface area contributed by atoms with Crippen LogP contribution in [0.15, 0.2) is 29.2 Å². The number of rotatable bonds is 4. The summed E-state index contributed by atoms with van der Waals surface area (Å²) in [5, 5.41) is 2.50. The fourth-order valence-corrected chi connectivity index (χ4v) is 3.94. The monoisotopic (exact) mass is 310 g/mol. The number of nitrogens with zero attached hydrogens (tertiary/aromatic N) is 1. The number of benzene rings is 1. The van der Waals surface area contributed by atoms with Crippen LogP contribution in [-0.4, -0.2) is 37.8 Å². The zero-order valence-corrected chi connectivity index (χ0v) is 12.1. The second-order valence-electron chi connectivity index (χ2n) is 4.65. The van der Waals surface area contributed by atoms with Crippen molar-refractivity contribution in [3.63, 3.8) is 0 Å². The summed E-state index contributed by atoms with van der Waals surface area (Å²) in [6.45, 7) is 0.313. The standard InChI is InChI=1S/C14H15FN2O3S/c1-2-9-16-14(18)13-4-3-10-17(13)21(19,20)12-7-5-11(15)6-8-12/h1,5-8,13H,3-4,9-10H2,(H,16,18). The van der Waals surface area contributed by atoms with Crippen molar-refractivity contribution in [2.75, 3.05) is 13.1 Å². The van der Waals surface area contributed by atoms with E-state index in [0.717, 1.165) is 16.4 Å². The molecule has 0 aliphatic carbocycles. The van der Waals surface area contributed by atoms with Crippen LogP contribution in [0.25, 0.3) is 0 Å². The topological polar surface area (TPSA) is 66.5 Å². The first-order valence-corrected chi connectivity index (χ1v) is 7.89. The highest BCUT2D eigenvalue weighted by Gasteiger charge is 2.39. The Morgan fingerprint density at radius 3 is 2.71 bits per heavy atom. The number of sulfonamides is 1. The number of hydrogen-bond donors (Lipinski definition) is 1. The summed E-state index contributed by atoms with van der Waals surface area (Å²) in [6, 6.07) is 3.78. The van der Waals surface area contributed by atoms with Gasteiger partial charge in [-0.2, -0.15) is 4.31 Å². The smallest absolute Gasteiger partial charge is 0.243 e. The molecule has 7 heteroatoms. The molecular formula is C14H15FN2O3S. The summed E-state index contributed by atoms with van der Waals surface area (Å²) in [5.41, 5.74) is 0. The molecule has 112 valence electrons. The van der Waals surface area contributed by atoms with Gasteiger partial charge in [0.15, 0.2) is 0 Å². The van der Waals surface area contributed by atoms with Gasteiger partial charge in [0.2, 0.25) is 15.9 Å². The molecule has 21 heavy (non-hydrogen) atoms. The maximum absolute atomic E-state index is 12.9. The number of amides is 1. The van der Waals surface area contributed by atoms with Crippen molar-refractivity contribution in [1.29, 1.82) is 0 Å². The first-order chi connectivity index (χ1) is 9.96. The van der Waals surface area contributed by atoms with Crippen LogP contribution in [-0.2, 0) is 14.8 Å². The van der Waals surface area contributed by atoms with E-state index in [9.17, 15) is 17.6 Å². The number of hydrogen-bond acceptors (Lipinski definition) is 3. The number of terminal acetylenes is 1. The average molecular weight is 310 g/mol. The highest BCUT2D eigenvalue weighted by Crippen LogP contribution is 2.26. The molecule has 0 saturated carbocycles. The van der Waals surface area contributed by atoms with Gasteiger partial charge in [-0.1, -0.05) is 5.92 Å². The van der Waals surface area contributed by atoms with E-state index in [0.29, 0.717) is 12.8 Å². The lowest BCUT2D eigenvalue weighted by Gasteiger charge is -2.23. The van der Waals surface area contributed by atoms with E-state index in [4.69, 9.17) is 6.42 Å². The quantitative estimate of drug-likeness (QED) is 0.834. The molecule has 2 rings (SSSR count). The third kappa shape index (κ3) is 3.23. The van der Waals surface area contributed by atoms with Gasteiger partial charge < -0.3 is 5.32 Å². The van der Waals surface area contributed by atoms with E-state index in [1.165, 1.54) is 12.1 Å². The predicted molar refractivity (Wildman–Crippen MR) is 75.2 cm³/mol. The van der Waals surface area contributed by atoms with Gasteiger partial charge >= 0.3 is 0 Å². The molecule has 1 heterocycles. The zero-order chi connectivity index (χ0) is 15.5. The second kappa shape index (κ2) is 6.24. The Balaban J connectivity index is 2.24. The van der Waals surface area contributed by atoms with Gasteiger partial charge in [0.05, 0.1) is 11.4 Å². The van der Waals surface area contributed by atoms with E-state index in [-0.39, 0.29) is 18.0 Å². The number of carbonyl (C=O) groups is 1. The summed E-state index contributed by atoms with van der Waals surface area (Å²) in [5.74, 6) is 1.35. The molecule has 1 amide bonds. The van der Waals surface area contributed by atoms with Crippen molar-refractivity contribution in [1.82, 2.24) is 9.62 Å². The molecule has 1 atom stereocenters. The number of halogens is 1. The summed E-state index contributed by atoms with van der Waals surface area (Å²) in [6.07, 6.45) is 6.10. The van der Waals surface area contributed by atoms with Crippen LogP contribution in [0.5, 0.6) is 0 Å². The van der Waals surface area contributed by atoms with Crippen LogP contribution < -0.4 is 5.32 Å². The minimum atomic E-state index is -3.82. The van der Waals surface area contributed by atoms with E-state index in [2.05, 4.69) is 11.2 Å². The molecule has 1 fully saturated rings. The van der Waals surface area contributed by atoms with E-state index >= 15 is 0 Å². The van der Waals surface area contributed by atoms with Gasteiger partial charge in [-0.05, 0) is 37.1 Å². The molecule has 5 nitrogen and oxygen atoms in total. The molecular weight excluding hydrogens is 295 g/mol. The zero-order valence-electron chi connectivity index (χ0n) is 11.3. The lowest BCUT2D eigenvalue weighted by molar-refractivity contribution is -0.123. The van der Waals surface area contributed by atoms with Crippen LogP contribution in [0.1, 0.15) is 12.8 Å². The number of carbonyl (C=O) groups excluding carboxylic acids is 1. The van der Waals surface area contributed by atoms with Gasteiger partial charge in [0.1, 0.15) is 11.9 Å². The Labute approximate surface area is 123 Å². The molecule has 1 aromatic carbocycles. The molecule has 1 unspecified atom stereocenters. The molecule has 1 saturated heterocycles. The third-order valence-electron chi connectivity index (χ3n) is 3.29. The summed E-state index contributed by atoms with van der Waals surface area (Å²) >= 11 is 0. The van der Waals surface area contributed by atoms with Crippen LogP contribution in [0.4, 0.5) is 4.39 Å². The molecule has 1 aliphatic rings. The Bertz CT molecular complexity index is 664. The highest BCUT2D eigenvalue weighted by atomic mass is 32.2. The Hall–Kier alpha value is -1.91. The normalized spacial score (nSPS) is 19.1. The van der Waals surface area contributed by atoms with Crippen molar-refractivity contribution >= 4 is 15.9 Å². The fourth-order valence-electron chi connectivity index (χ4n) is 2.29. The van der Waals surface area contributed by atoms with Crippen molar-refractivity contribution in [2.45, 2.75) is 23.8 Å². The van der Waals surface area contributed by atoms with Crippen LogP contribution in [0.3, 0.4) is 0 Å². The lowest BCUT2D eigenvalue weighted by atomic mass is 10.2. The largest absolute Gasteiger partial charge is 0.344 e. The first kappa shape index (κ1) is 15.5. The van der Waals surface area contributed by atoms with Crippen LogP contribution >= 0.6 is 0 Å². The molecule has 0 radical (unpaired) electrons. The molecule has 1 N–H and O–H groups in total. The molecule has 0 bridgehead atoms. The van der Waals surface area contributed by atoms with Crippen molar-refractivity contribution in [3.05, 3.63) is 30.1 Å². The molecule has 0 spiro atoms. The fraction of sp³-hybridized carbons (Fsp3) is 0.357. The second-order valence-corrected chi connectivity index (χ2v) is 6.54. The van der Waals surface area contributed by atoms with Crippen molar-refractivity contribution in [3.8, 4) is 12.3 Å². The maximum atomic E-state index is 12.9. The first-order valence-electron chi connectivity index (χ1n) is 6.45. The van der Waals surface area contributed by atoms with E-state index in [1.54, 1.807) is 0 Å². The van der Waals surface area contributed by atoms with Gasteiger partial charge in [-0.15, -0.1) is 6.42 Å². The van der Waals surface area contributed by atoms with Gasteiger partial charge in [-0.25, -0.2) is 12.8 Å². The highest BCUT2D eigenvalue weighted by molar-refractivity contribution is 7.89. The summed E-state index contributed by atoms with van der Waals surface area (Å²) in [7, 11) is -3.82. The molecule has 0 aromatic heterocycles. The van der Waals surface area contributed by atoms with Crippen LogP contribution in [0.2, 0.25) is 0 Å². The van der Waals surface area contributed by atoms with Crippen molar-refractivity contribution < 1.29 is 17.6 Å². The lowest BCUT2D eigenvalue weighted by Crippen LogP contribution is -2.45. The minimum absolute atomic E-state index is 0.0273. The van der Waals surface area contributed by atoms with Gasteiger partial charge in [0, 0.05) is 6.54 Å². The maximum Gasteiger partial charge on any atom is 0.243 e. The summed E-state index contributed by atoms with van der Waals surface area (Å²) in [4.78, 5) is 11.9.